The molecule has 140 valence electrons. The third kappa shape index (κ3) is 3.54. The molecule has 0 aliphatic carbocycles. The van der Waals surface area contributed by atoms with Gasteiger partial charge in [0.25, 0.3) is 5.56 Å². The van der Waals surface area contributed by atoms with E-state index in [1.54, 1.807) is 4.52 Å². The van der Waals surface area contributed by atoms with E-state index in [4.69, 9.17) is 5.73 Å². The molecule has 0 aliphatic rings. The summed E-state index contributed by atoms with van der Waals surface area (Å²) in [7, 11) is 0. The second-order valence-corrected chi connectivity index (χ2v) is 8.42. The summed E-state index contributed by atoms with van der Waals surface area (Å²) >= 11 is 10.3. The molecule has 0 saturated heterocycles. The Bertz CT molecular complexity index is 1260. The fourth-order valence-corrected chi connectivity index (χ4v) is 5.11. The number of anilines is 1. The van der Waals surface area contributed by atoms with Gasteiger partial charge in [0, 0.05) is 25.0 Å². The van der Waals surface area contributed by atoms with Gasteiger partial charge in [-0.15, -0.1) is 15.3 Å². The molecule has 10 heteroatoms. The summed E-state index contributed by atoms with van der Waals surface area (Å²) in [4.78, 5) is 15.0. The number of nitrogens with two attached hydrogens (primary N) is 1. The van der Waals surface area contributed by atoms with Gasteiger partial charge in [-0.05, 0) is 44.0 Å². The first-order valence-corrected chi connectivity index (χ1v) is 10.3. The molecule has 4 aromatic rings. The molecule has 2 aromatic carbocycles. The highest BCUT2D eigenvalue weighted by molar-refractivity contribution is 9.11. The van der Waals surface area contributed by atoms with E-state index >= 15 is 0 Å². The van der Waals surface area contributed by atoms with Gasteiger partial charge in [-0.2, -0.15) is 0 Å². The zero-order chi connectivity index (χ0) is 19.8. The first kappa shape index (κ1) is 19.0. The lowest BCUT2D eigenvalue weighted by Gasteiger charge is -2.04. The number of rotatable bonds is 3. The van der Waals surface area contributed by atoms with Crippen LogP contribution in [0.15, 0.2) is 77.0 Å². The lowest BCUT2D eigenvalue weighted by atomic mass is 10.1. The van der Waals surface area contributed by atoms with Gasteiger partial charge in [-0.25, -0.2) is 4.52 Å². The van der Waals surface area contributed by atoms with E-state index in [0.717, 1.165) is 19.0 Å². The van der Waals surface area contributed by atoms with E-state index in [1.807, 2.05) is 42.5 Å². The Kier molecular flexibility index (Phi) is 5.17. The third-order valence-corrected chi connectivity index (χ3v) is 5.59. The van der Waals surface area contributed by atoms with Gasteiger partial charge < -0.3 is 10.7 Å². The zero-order valence-corrected chi connectivity index (χ0v) is 18.8. The summed E-state index contributed by atoms with van der Waals surface area (Å²) in [5, 5.41) is 12.9. The van der Waals surface area contributed by atoms with Crippen LogP contribution in [0, 0.1) is 0 Å². The number of hydrogen-bond acceptors (Lipinski definition) is 5. The number of hydrogen-bond donors (Lipinski definition) is 2. The monoisotopic (exact) mass is 564 g/mol. The molecular formula is C18H11Br3N6O. The molecule has 2 aromatic heterocycles. The molecule has 0 aliphatic heterocycles. The van der Waals surface area contributed by atoms with Crippen molar-refractivity contribution >= 4 is 70.6 Å². The van der Waals surface area contributed by atoms with Crippen molar-refractivity contribution in [1.29, 1.82) is 0 Å². The molecule has 2 heterocycles. The van der Waals surface area contributed by atoms with Crippen LogP contribution >= 0.6 is 47.8 Å². The minimum Gasteiger partial charge on any atom is -0.380 e. The van der Waals surface area contributed by atoms with Gasteiger partial charge in [0.1, 0.15) is 5.69 Å². The van der Waals surface area contributed by atoms with Crippen LogP contribution < -0.4 is 11.3 Å². The predicted molar refractivity (Wildman–Crippen MR) is 119 cm³/mol. The average Bonchev–Trinajstić information content (AvgIpc) is 2.96. The number of nitrogen functional groups attached to an aromatic ring is 1. The van der Waals surface area contributed by atoms with Crippen LogP contribution in [-0.2, 0) is 0 Å². The Labute approximate surface area is 184 Å². The minimum atomic E-state index is -0.284. The van der Waals surface area contributed by atoms with Gasteiger partial charge in [0.05, 0.1) is 5.69 Å². The van der Waals surface area contributed by atoms with Gasteiger partial charge in [0.15, 0.2) is 17.2 Å². The van der Waals surface area contributed by atoms with Crippen molar-refractivity contribution in [3.63, 3.8) is 0 Å². The molecule has 3 N–H and O–H groups in total. The molecule has 0 unspecified atom stereocenters. The smallest absolute Gasteiger partial charge is 0.251 e. The Morgan fingerprint density at radius 3 is 2.29 bits per heavy atom. The number of aromatic amines is 1. The Hall–Kier alpha value is -2.30. The van der Waals surface area contributed by atoms with Crippen LogP contribution in [-0.4, -0.2) is 14.6 Å². The lowest BCUT2D eigenvalue weighted by molar-refractivity contribution is 0.945. The van der Waals surface area contributed by atoms with Crippen molar-refractivity contribution in [3.8, 4) is 11.3 Å². The SMILES string of the molecule is Nc1nn2c(-c3ccccc3)cc(=O)[nH]c2c1N=Nc1c(Br)cc(Br)cc1Br. The number of nitrogens with one attached hydrogen (secondary N) is 1. The molecule has 0 bridgehead atoms. The lowest BCUT2D eigenvalue weighted by Crippen LogP contribution is -2.09. The fourth-order valence-electron chi connectivity index (χ4n) is 2.69. The highest BCUT2D eigenvalue weighted by Gasteiger charge is 2.16. The third-order valence-electron chi connectivity index (χ3n) is 3.93. The van der Waals surface area contributed by atoms with Crippen LogP contribution in [0.25, 0.3) is 16.9 Å². The maximum atomic E-state index is 12.2. The number of H-pyrrole nitrogens is 1. The molecule has 0 amide bonds. The fraction of sp³-hybridized carbons (Fsp3) is 0. The summed E-state index contributed by atoms with van der Waals surface area (Å²) in [6, 6.07) is 14.6. The molecule has 0 saturated carbocycles. The normalized spacial score (nSPS) is 11.5. The highest BCUT2D eigenvalue weighted by atomic mass is 79.9. The molecule has 0 radical (unpaired) electrons. The summed E-state index contributed by atoms with van der Waals surface area (Å²) in [5.74, 6) is 0.159. The van der Waals surface area contributed by atoms with Gasteiger partial charge >= 0.3 is 0 Å². The number of fused-ring (bicyclic) bond motifs is 1. The number of aromatic nitrogens is 3. The molecule has 0 spiro atoms. The molecule has 7 nitrogen and oxygen atoms in total. The van der Waals surface area contributed by atoms with Crippen LogP contribution in [0.4, 0.5) is 17.2 Å². The quantitative estimate of drug-likeness (QED) is 0.299. The number of halogens is 3. The maximum absolute atomic E-state index is 12.2. The maximum Gasteiger partial charge on any atom is 0.251 e. The first-order valence-electron chi connectivity index (χ1n) is 7.97. The molecule has 4 rings (SSSR count). The van der Waals surface area contributed by atoms with Crippen molar-refractivity contribution in [2.45, 2.75) is 0 Å². The van der Waals surface area contributed by atoms with Crippen molar-refractivity contribution in [2.24, 2.45) is 10.2 Å². The standard InChI is InChI=1S/C18H11Br3N6O/c19-10-6-11(20)15(12(21)7-10)24-25-16-17(22)26-27-13(8-14(28)23-18(16)27)9-4-2-1-3-5-9/h1-8H,(H2,22,26)(H,23,28). The number of benzene rings is 2. The Balaban J connectivity index is 1.89. The van der Waals surface area contributed by atoms with E-state index in [1.165, 1.54) is 6.07 Å². The van der Waals surface area contributed by atoms with Crippen LogP contribution in [0.3, 0.4) is 0 Å². The molecule has 28 heavy (non-hydrogen) atoms. The minimum absolute atomic E-state index is 0.159. The van der Waals surface area contributed by atoms with Gasteiger partial charge in [0.2, 0.25) is 0 Å². The molecular weight excluding hydrogens is 556 g/mol. The summed E-state index contributed by atoms with van der Waals surface area (Å²) < 4.78 is 3.93. The van der Waals surface area contributed by atoms with E-state index in [-0.39, 0.29) is 17.1 Å². The number of azo groups is 1. The highest BCUT2D eigenvalue weighted by Crippen LogP contribution is 2.38. The van der Waals surface area contributed by atoms with Crippen molar-refractivity contribution in [3.05, 3.63) is 72.3 Å². The van der Waals surface area contributed by atoms with Crippen LogP contribution in [0.1, 0.15) is 0 Å². The Morgan fingerprint density at radius 1 is 0.964 bits per heavy atom. The predicted octanol–water partition coefficient (Wildman–Crippen LogP) is 5.97. The van der Waals surface area contributed by atoms with Crippen LogP contribution in [0.2, 0.25) is 0 Å². The summed E-state index contributed by atoms with van der Waals surface area (Å²) in [6.07, 6.45) is 0. The average molecular weight is 567 g/mol. The molecule has 0 atom stereocenters. The van der Waals surface area contributed by atoms with Crippen molar-refractivity contribution in [2.75, 3.05) is 5.73 Å². The number of nitrogens with zero attached hydrogens (tertiary/aromatic N) is 4. The largest absolute Gasteiger partial charge is 0.380 e. The first-order chi connectivity index (χ1) is 13.4. The van der Waals surface area contributed by atoms with Crippen molar-refractivity contribution in [1.82, 2.24) is 14.6 Å². The van der Waals surface area contributed by atoms with Crippen molar-refractivity contribution < 1.29 is 0 Å². The van der Waals surface area contributed by atoms with E-state index in [0.29, 0.717) is 17.0 Å². The zero-order valence-electron chi connectivity index (χ0n) is 14.0. The van der Waals surface area contributed by atoms with Gasteiger partial charge in [-0.1, -0.05) is 46.3 Å². The topological polar surface area (TPSA) is 101 Å². The summed E-state index contributed by atoms with van der Waals surface area (Å²) in [5.41, 5.74) is 8.49. The van der Waals surface area contributed by atoms with E-state index in [9.17, 15) is 4.79 Å². The Morgan fingerprint density at radius 2 is 1.61 bits per heavy atom. The van der Waals surface area contributed by atoms with E-state index in [2.05, 4.69) is 68.1 Å². The second-order valence-electron chi connectivity index (χ2n) is 5.80. The van der Waals surface area contributed by atoms with Crippen LogP contribution in [0.5, 0.6) is 0 Å². The summed E-state index contributed by atoms with van der Waals surface area (Å²) in [6.45, 7) is 0. The van der Waals surface area contributed by atoms with Gasteiger partial charge in [-0.3, -0.25) is 4.79 Å². The van der Waals surface area contributed by atoms with E-state index < -0.39 is 0 Å². The molecule has 0 fully saturated rings. The second kappa shape index (κ2) is 7.61.